The highest BCUT2D eigenvalue weighted by atomic mass is 32.2. The first-order chi connectivity index (χ1) is 6.99. The molecule has 6 heteroatoms. The van der Waals surface area contributed by atoms with Crippen molar-refractivity contribution in [1.82, 2.24) is 5.32 Å². The third-order valence-corrected chi connectivity index (χ3v) is 3.00. The van der Waals surface area contributed by atoms with Crippen LogP contribution in [0.1, 0.15) is 26.2 Å². The van der Waals surface area contributed by atoms with Crippen LogP contribution in [0.5, 0.6) is 0 Å². The molecule has 1 atom stereocenters. The fraction of sp³-hybridized carbons (Fsp3) is 1.00. The molecule has 0 spiro atoms. The maximum absolute atomic E-state index is 10.6. The molecule has 92 valence electrons. The lowest BCUT2D eigenvalue weighted by Crippen LogP contribution is -2.30. The van der Waals surface area contributed by atoms with Crippen molar-refractivity contribution in [1.29, 1.82) is 0 Å². The standard InChI is InChI=1S/C9H22N2O3S/c1-2-3-9(4-6-12)8-11-5-7-15(10,13)14/h9,11-12H,2-8H2,1H3,(H2,10,13,14). The van der Waals surface area contributed by atoms with Crippen molar-refractivity contribution in [2.45, 2.75) is 26.2 Å². The number of aliphatic hydroxyl groups is 1. The number of primary sulfonamides is 1. The summed E-state index contributed by atoms with van der Waals surface area (Å²) in [7, 11) is -3.36. The minimum Gasteiger partial charge on any atom is -0.396 e. The molecule has 0 aromatic carbocycles. The predicted molar refractivity (Wildman–Crippen MR) is 60.9 cm³/mol. The number of hydrogen-bond donors (Lipinski definition) is 3. The number of nitrogens with two attached hydrogens (primary N) is 1. The van der Waals surface area contributed by atoms with Gasteiger partial charge in [-0.25, -0.2) is 13.6 Å². The molecule has 0 rings (SSSR count). The first kappa shape index (κ1) is 14.8. The minimum absolute atomic E-state index is 0.0367. The molecule has 0 saturated carbocycles. The number of aliphatic hydroxyl groups excluding tert-OH is 1. The van der Waals surface area contributed by atoms with Gasteiger partial charge in [0.25, 0.3) is 0 Å². The number of sulfonamides is 1. The van der Waals surface area contributed by atoms with E-state index in [1.807, 2.05) is 0 Å². The average molecular weight is 238 g/mol. The van der Waals surface area contributed by atoms with E-state index in [2.05, 4.69) is 12.2 Å². The normalized spacial score (nSPS) is 14.1. The Balaban J connectivity index is 3.61. The van der Waals surface area contributed by atoms with Gasteiger partial charge < -0.3 is 10.4 Å². The van der Waals surface area contributed by atoms with Crippen molar-refractivity contribution < 1.29 is 13.5 Å². The van der Waals surface area contributed by atoms with Crippen molar-refractivity contribution in [2.24, 2.45) is 11.1 Å². The van der Waals surface area contributed by atoms with E-state index in [0.29, 0.717) is 12.5 Å². The quantitative estimate of drug-likeness (QED) is 0.479. The highest BCUT2D eigenvalue weighted by Gasteiger charge is 2.07. The van der Waals surface area contributed by atoms with Gasteiger partial charge in [0.2, 0.25) is 10.0 Å². The van der Waals surface area contributed by atoms with E-state index in [1.165, 1.54) is 0 Å². The molecule has 0 aromatic heterocycles. The highest BCUT2D eigenvalue weighted by molar-refractivity contribution is 7.89. The Morgan fingerprint density at radius 1 is 1.40 bits per heavy atom. The van der Waals surface area contributed by atoms with Gasteiger partial charge >= 0.3 is 0 Å². The van der Waals surface area contributed by atoms with Crippen LogP contribution < -0.4 is 10.5 Å². The second-order valence-corrected chi connectivity index (χ2v) is 5.47. The zero-order chi connectivity index (χ0) is 11.7. The fourth-order valence-corrected chi connectivity index (χ4v) is 1.89. The molecule has 0 aliphatic rings. The van der Waals surface area contributed by atoms with Gasteiger partial charge in [-0.15, -0.1) is 0 Å². The topological polar surface area (TPSA) is 92.4 Å². The second-order valence-electron chi connectivity index (χ2n) is 3.74. The maximum atomic E-state index is 10.6. The summed E-state index contributed by atoms with van der Waals surface area (Å²) in [6.45, 7) is 3.39. The molecule has 4 N–H and O–H groups in total. The number of rotatable bonds is 9. The summed E-state index contributed by atoms with van der Waals surface area (Å²) in [6, 6.07) is 0. The van der Waals surface area contributed by atoms with Gasteiger partial charge in [0.15, 0.2) is 0 Å². The highest BCUT2D eigenvalue weighted by Crippen LogP contribution is 2.08. The molecule has 0 fully saturated rings. The van der Waals surface area contributed by atoms with Crippen molar-refractivity contribution in [3.63, 3.8) is 0 Å². The lowest BCUT2D eigenvalue weighted by Gasteiger charge is -2.15. The Hall–Kier alpha value is -0.170. The van der Waals surface area contributed by atoms with Gasteiger partial charge in [0.05, 0.1) is 5.75 Å². The van der Waals surface area contributed by atoms with Gasteiger partial charge in [-0.2, -0.15) is 0 Å². The summed E-state index contributed by atoms with van der Waals surface area (Å²) in [6.07, 6.45) is 2.88. The summed E-state index contributed by atoms with van der Waals surface area (Å²) in [5, 5.41) is 16.7. The second kappa shape index (κ2) is 8.04. The van der Waals surface area contributed by atoms with Crippen LogP contribution in [0.4, 0.5) is 0 Å². The molecule has 0 saturated heterocycles. The SMILES string of the molecule is CCCC(CCO)CNCCS(N)(=O)=O. The molecule has 0 aliphatic carbocycles. The fourth-order valence-electron chi connectivity index (χ4n) is 1.46. The molecular weight excluding hydrogens is 216 g/mol. The van der Waals surface area contributed by atoms with Crippen molar-refractivity contribution in [2.75, 3.05) is 25.4 Å². The Labute approximate surface area is 92.1 Å². The summed E-state index contributed by atoms with van der Waals surface area (Å²) < 4.78 is 21.3. The molecule has 0 aliphatic heterocycles. The van der Waals surface area contributed by atoms with Gasteiger partial charge in [0, 0.05) is 13.2 Å². The van der Waals surface area contributed by atoms with Crippen LogP contribution in [0.3, 0.4) is 0 Å². The maximum Gasteiger partial charge on any atom is 0.210 e. The van der Waals surface area contributed by atoms with E-state index in [-0.39, 0.29) is 12.4 Å². The van der Waals surface area contributed by atoms with Crippen molar-refractivity contribution in [3.05, 3.63) is 0 Å². The molecule has 1 unspecified atom stereocenters. The molecule has 0 heterocycles. The molecule has 0 amide bonds. The lowest BCUT2D eigenvalue weighted by molar-refractivity contribution is 0.248. The van der Waals surface area contributed by atoms with E-state index in [0.717, 1.165) is 25.8 Å². The zero-order valence-electron chi connectivity index (χ0n) is 9.28. The Bertz CT molecular complexity index is 236. The van der Waals surface area contributed by atoms with Crippen LogP contribution >= 0.6 is 0 Å². The Morgan fingerprint density at radius 2 is 2.07 bits per heavy atom. The van der Waals surface area contributed by atoms with Crippen molar-refractivity contribution >= 4 is 10.0 Å². The monoisotopic (exact) mass is 238 g/mol. The van der Waals surface area contributed by atoms with E-state index >= 15 is 0 Å². The van der Waals surface area contributed by atoms with Gasteiger partial charge in [-0.3, -0.25) is 0 Å². The van der Waals surface area contributed by atoms with E-state index in [9.17, 15) is 8.42 Å². The van der Waals surface area contributed by atoms with Crippen LogP contribution in [0.25, 0.3) is 0 Å². The lowest BCUT2D eigenvalue weighted by atomic mass is 10.0. The number of nitrogens with one attached hydrogen (secondary N) is 1. The molecule has 0 aromatic rings. The summed E-state index contributed by atoms with van der Waals surface area (Å²) in [5.74, 6) is 0.380. The first-order valence-corrected chi connectivity index (χ1v) is 7.03. The molecule has 5 nitrogen and oxygen atoms in total. The molecular formula is C9H22N2O3S. The van der Waals surface area contributed by atoms with E-state index < -0.39 is 10.0 Å². The van der Waals surface area contributed by atoms with Crippen LogP contribution in [-0.4, -0.2) is 39.0 Å². The van der Waals surface area contributed by atoms with E-state index in [1.54, 1.807) is 0 Å². The summed E-state index contributed by atoms with van der Waals surface area (Å²) in [4.78, 5) is 0. The molecule has 0 radical (unpaired) electrons. The van der Waals surface area contributed by atoms with Crippen LogP contribution in [-0.2, 0) is 10.0 Å². The number of hydrogen-bond acceptors (Lipinski definition) is 4. The predicted octanol–water partition coefficient (Wildman–Crippen LogP) is -0.337. The van der Waals surface area contributed by atoms with Gasteiger partial charge in [0.1, 0.15) is 0 Å². The summed E-state index contributed by atoms with van der Waals surface area (Å²) >= 11 is 0. The molecule has 0 bridgehead atoms. The summed E-state index contributed by atoms with van der Waals surface area (Å²) in [5.41, 5.74) is 0. The largest absolute Gasteiger partial charge is 0.396 e. The van der Waals surface area contributed by atoms with Crippen LogP contribution in [0.2, 0.25) is 0 Å². The Kier molecular flexibility index (Phi) is 7.95. The smallest absolute Gasteiger partial charge is 0.210 e. The average Bonchev–Trinajstić information content (AvgIpc) is 2.11. The Morgan fingerprint density at radius 3 is 2.53 bits per heavy atom. The third kappa shape index (κ3) is 10.1. The van der Waals surface area contributed by atoms with E-state index in [4.69, 9.17) is 10.2 Å². The first-order valence-electron chi connectivity index (χ1n) is 5.31. The van der Waals surface area contributed by atoms with Crippen LogP contribution in [0, 0.1) is 5.92 Å². The molecule has 15 heavy (non-hydrogen) atoms. The van der Waals surface area contributed by atoms with Crippen LogP contribution in [0.15, 0.2) is 0 Å². The van der Waals surface area contributed by atoms with Gasteiger partial charge in [-0.05, 0) is 25.3 Å². The van der Waals surface area contributed by atoms with Crippen molar-refractivity contribution in [3.8, 4) is 0 Å². The minimum atomic E-state index is -3.36. The van der Waals surface area contributed by atoms with Gasteiger partial charge in [-0.1, -0.05) is 13.3 Å². The zero-order valence-corrected chi connectivity index (χ0v) is 10.1. The third-order valence-electron chi connectivity index (χ3n) is 2.23.